The molecular formula is C17H21N3O2S. The summed E-state index contributed by atoms with van der Waals surface area (Å²) in [4.78, 5) is 21.5. The lowest BCUT2D eigenvalue weighted by Crippen LogP contribution is -2.48. The third kappa shape index (κ3) is 3.83. The maximum atomic E-state index is 12.2. The number of amidine groups is 1. The second-order valence-electron chi connectivity index (χ2n) is 5.72. The standard InChI is InChI=1S/C17H21N3O2S/c1-13-4-2-3-5-14(13)12-15-16(22)18-17(23-15)20-8-6-19(7-9-20)10-11-21/h2-5,12,21H,6-11H2,1H3/b15-12-. The van der Waals surface area contributed by atoms with E-state index < -0.39 is 0 Å². The average Bonchev–Trinajstić information content (AvgIpc) is 2.92. The number of thioether (sulfide) groups is 1. The van der Waals surface area contributed by atoms with Gasteiger partial charge in [-0.25, -0.2) is 0 Å². The topological polar surface area (TPSA) is 56.1 Å². The fourth-order valence-electron chi connectivity index (χ4n) is 2.73. The molecule has 0 aromatic heterocycles. The Kier molecular flexibility index (Phi) is 5.15. The first-order valence-corrected chi connectivity index (χ1v) is 8.65. The summed E-state index contributed by atoms with van der Waals surface area (Å²) in [6.45, 7) is 6.42. The second-order valence-corrected chi connectivity index (χ2v) is 6.73. The highest BCUT2D eigenvalue weighted by atomic mass is 32.2. The summed E-state index contributed by atoms with van der Waals surface area (Å²) in [7, 11) is 0. The monoisotopic (exact) mass is 331 g/mol. The molecule has 2 heterocycles. The van der Waals surface area contributed by atoms with Gasteiger partial charge in [0.25, 0.3) is 5.91 Å². The fourth-order valence-corrected chi connectivity index (χ4v) is 3.68. The van der Waals surface area contributed by atoms with Crippen molar-refractivity contribution in [2.45, 2.75) is 6.92 Å². The van der Waals surface area contributed by atoms with Crippen LogP contribution in [0.4, 0.5) is 0 Å². The summed E-state index contributed by atoms with van der Waals surface area (Å²) in [5, 5.41) is 9.80. The zero-order chi connectivity index (χ0) is 16.2. The van der Waals surface area contributed by atoms with Gasteiger partial charge in [-0.1, -0.05) is 24.3 Å². The summed E-state index contributed by atoms with van der Waals surface area (Å²) >= 11 is 1.46. The molecule has 1 amide bonds. The molecule has 1 aromatic carbocycles. The van der Waals surface area contributed by atoms with Gasteiger partial charge in [-0.15, -0.1) is 0 Å². The number of benzene rings is 1. The first-order valence-electron chi connectivity index (χ1n) is 7.84. The van der Waals surface area contributed by atoms with Crippen molar-refractivity contribution in [1.29, 1.82) is 0 Å². The minimum atomic E-state index is -0.147. The zero-order valence-electron chi connectivity index (χ0n) is 13.2. The molecule has 0 bridgehead atoms. The van der Waals surface area contributed by atoms with E-state index in [4.69, 9.17) is 5.11 Å². The van der Waals surface area contributed by atoms with Crippen molar-refractivity contribution >= 4 is 28.9 Å². The van der Waals surface area contributed by atoms with E-state index in [1.165, 1.54) is 11.8 Å². The Balaban J connectivity index is 1.66. The predicted octanol–water partition coefficient (Wildman–Crippen LogP) is 1.58. The molecule has 1 aromatic rings. The van der Waals surface area contributed by atoms with Gasteiger partial charge in [0.15, 0.2) is 5.17 Å². The molecule has 0 atom stereocenters. The molecule has 6 heteroatoms. The van der Waals surface area contributed by atoms with E-state index in [0.717, 1.165) is 42.5 Å². The van der Waals surface area contributed by atoms with E-state index in [1.807, 2.05) is 37.3 Å². The van der Waals surface area contributed by atoms with Gasteiger partial charge >= 0.3 is 0 Å². The van der Waals surface area contributed by atoms with Gasteiger partial charge in [0.1, 0.15) is 0 Å². The van der Waals surface area contributed by atoms with Crippen molar-refractivity contribution in [3.8, 4) is 0 Å². The molecule has 0 radical (unpaired) electrons. The van der Waals surface area contributed by atoms with Gasteiger partial charge in [0, 0.05) is 32.7 Å². The van der Waals surface area contributed by atoms with Crippen LogP contribution in [0.3, 0.4) is 0 Å². The van der Waals surface area contributed by atoms with Crippen molar-refractivity contribution in [1.82, 2.24) is 9.80 Å². The minimum Gasteiger partial charge on any atom is -0.395 e. The summed E-state index contributed by atoms with van der Waals surface area (Å²) in [6.07, 6.45) is 1.93. The first kappa shape index (κ1) is 16.2. The normalized spacial score (nSPS) is 21.1. The lowest BCUT2D eigenvalue weighted by atomic mass is 10.1. The van der Waals surface area contributed by atoms with Crippen LogP contribution in [0.25, 0.3) is 6.08 Å². The number of hydrogen-bond donors (Lipinski definition) is 1. The first-order chi connectivity index (χ1) is 11.2. The molecular weight excluding hydrogens is 310 g/mol. The number of aliphatic hydroxyl groups excluding tert-OH is 1. The Morgan fingerprint density at radius 2 is 2.00 bits per heavy atom. The van der Waals surface area contributed by atoms with Gasteiger partial charge in [0.2, 0.25) is 0 Å². The van der Waals surface area contributed by atoms with E-state index in [1.54, 1.807) is 0 Å². The number of aliphatic hydroxyl groups is 1. The largest absolute Gasteiger partial charge is 0.395 e. The molecule has 1 N–H and O–H groups in total. The Morgan fingerprint density at radius 1 is 1.26 bits per heavy atom. The summed E-state index contributed by atoms with van der Waals surface area (Å²) in [5.41, 5.74) is 2.21. The van der Waals surface area contributed by atoms with E-state index in [9.17, 15) is 4.79 Å². The predicted molar refractivity (Wildman–Crippen MR) is 94.3 cm³/mol. The number of aryl methyl sites for hydroxylation is 1. The van der Waals surface area contributed by atoms with Crippen LogP contribution in [0.2, 0.25) is 0 Å². The number of β-amino-alcohol motifs (C(OH)–C–C–N with tert-alkyl or cyclic N) is 1. The molecule has 122 valence electrons. The van der Waals surface area contributed by atoms with Crippen LogP contribution >= 0.6 is 11.8 Å². The number of aliphatic imine (C=N–C) groups is 1. The molecule has 0 unspecified atom stereocenters. The maximum absolute atomic E-state index is 12.2. The van der Waals surface area contributed by atoms with Gasteiger partial charge in [-0.2, -0.15) is 4.99 Å². The SMILES string of the molecule is Cc1ccccc1/C=C1\SC(N2CCN(CCO)CC2)=NC1=O. The molecule has 23 heavy (non-hydrogen) atoms. The summed E-state index contributed by atoms with van der Waals surface area (Å²) in [6, 6.07) is 8.03. The van der Waals surface area contributed by atoms with Gasteiger partial charge in [-0.3, -0.25) is 9.69 Å². The van der Waals surface area contributed by atoms with E-state index in [0.29, 0.717) is 11.4 Å². The quantitative estimate of drug-likeness (QED) is 0.852. The molecule has 0 spiro atoms. The van der Waals surface area contributed by atoms with Gasteiger partial charge in [-0.05, 0) is 35.9 Å². The molecule has 5 nitrogen and oxygen atoms in total. The Hall–Kier alpha value is -1.63. The molecule has 0 aliphatic carbocycles. The number of hydrogen-bond acceptors (Lipinski definition) is 5. The third-order valence-corrected chi connectivity index (χ3v) is 5.19. The van der Waals surface area contributed by atoms with E-state index in [-0.39, 0.29) is 12.5 Å². The highest BCUT2D eigenvalue weighted by Crippen LogP contribution is 2.31. The van der Waals surface area contributed by atoms with Crippen molar-refractivity contribution < 1.29 is 9.90 Å². The van der Waals surface area contributed by atoms with Crippen LogP contribution in [0.1, 0.15) is 11.1 Å². The van der Waals surface area contributed by atoms with Crippen LogP contribution in [-0.4, -0.2) is 65.3 Å². The number of amides is 1. The summed E-state index contributed by atoms with van der Waals surface area (Å²) in [5.74, 6) is -0.147. The smallest absolute Gasteiger partial charge is 0.286 e. The molecule has 1 fully saturated rings. The van der Waals surface area contributed by atoms with Crippen LogP contribution < -0.4 is 0 Å². The van der Waals surface area contributed by atoms with Crippen LogP contribution in [-0.2, 0) is 4.79 Å². The van der Waals surface area contributed by atoms with Crippen LogP contribution in [0, 0.1) is 6.92 Å². The average molecular weight is 331 g/mol. The zero-order valence-corrected chi connectivity index (χ0v) is 14.1. The maximum Gasteiger partial charge on any atom is 0.286 e. The minimum absolute atomic E-state index is 0.147. The highest BCUT2D eigenvalue weighted by molar-refractivity contribution is 8.18. The van der Waals surface area contributed by atoms with E-state index in [2.05, 4.69) is 14.8 Å². The molecule has 3 rings (SSSR count). The highest BCUT2D eigenvalue weighted by Gasteiger charge is 2.28. The lowest BCUT2D eigenvalue weighted by molar-refractivity contribution is -0.113. The molecule has 1 saturated heterocycles. The Labute approximate surface area is 140 Å². The fraction of sp³-hybridized carbons (Fsp3) is 0.412. The molecule has 0 saturated carbocycles. The Morgan fingerprint density at radius 3 is 2.70 bits per heavy atom. The Bertz CT molecular complexity index is 649. The number of nitrogens with zero attached hydrogens (tertiary/aromatic N) is 3. The van der Waals surface area contributed by atoms with E-state index >= 15 is 0 Å². The van der Waals surface area contributed by atoms with Crippen molar-refractivity contribution in [2.75, 3.05) is 39.3 Å². The molecule has 2 aliphatic rings. The number of piperazine rings is 1. The van der Waals surface area contributed by atoms with Crippen molar-refractivity contribution in [2.24, 2.45) is 4.99 Å². The van der Waals surface area contributed by atoms with Crippen molar-refractivity contribution in [3.63, 3.8) is 0 Å². The second kappa shape index (κ2) is 7.29. The number of rotatable bonds is 3. The van der Waals surface area contributed by atoms with Gasteiger partial charge in [0.05, 0.1) is 11.5 Å². The van der Waals surface area contributed by atoms with Crippen molar-refractivity contribution in [3.05, 3.63) is 40.3 Å². The van der Waals surface area contributed by atoms with Crippen LogP contribution in [0.5, 0.6) is 0 Å². The number of carbonyl (C=O) groups excluding carboxylic acids is 1. The van der Waals surface area contributed by atoms with Gasteiger partial charge < -0.3 is 10.0 Å². The summed E-state index contributed by atoms with van der Waals surface area (Å²) < 4.78 is 0. The van der Waals surface area contributed by atoms with Crippen LogP contribution in [0.15, 0.2) is 34.2 Å². The third-order valence-electron chi connectivity index (χ3n) is 4.14. The number of carbonyl (C=O) groups is 1. The molecule has 2 aliphatic heterocycles. The lowest BCUT2D eigenvalue weighted by Gasteiger charge is -2.34.